The Morgan fingerprint density at radius 1 is 1.29 bits per heavy atom. The summed E-state index contributed by atoms with van der Waals surface area (Å²) in [5.41, 5.74) is 1.14. The molecular formula is C14H16N4O3. The standard InChI is InChI=1S/C14H16N4O3/c19-13(17-5-7-21-8-6-17)10-15-14(20)12-9-11-3-1-2-4-18(11)16-12/h1-4,9H,5-8,10H2,(H,15,20). The minimum absolute atomic E-state index is 0.0211. The first-order valence-corrected chi connectivity index (χ1v) is 6.82. The predicted molar refractivity (Wildman–Crippen MR) is 74.9 cm³/mol. The second-order valence-electron chi connectivity index (χ2n) is 4.78. The third kappa shape index (κ3) is 3.03. The average Bonchev–Trinajstić information content (AvgIpc) is 2.97. The van der Waals surface area contributed by atoms with Crippen LogP contribution in [0.3, 0.4) is 0 Å². The summed E-state index contributed by atoms with van der Waals surface area (Å²) in [6.07, 6.45) is 1.77. The first-order valence-electron chi connectivity index (χ1n) is 6.82. The first-order chi connectivity index (χ1) is 10.2. The third-order valence-corrected chi connectivity index (χ3v) is 3.37. The topological polar surface area (TPSA) is 75.9 Å². The number of hydrogen-bond donors (Lipinski definition) is 1. The molecule has 0 unspecified atom stereocenters. The van der Waals surface area contributed by atoms with E-state index in [1.165, 1.54) is 0 Å². The molecule has 2 aromatic rings. The van der Waals surface area contributed by atoms with Crippen LogP contribution in [0.15, 0.2) is 30.5 Å². The molecule has 1 aliphatic heterocycles. The number of fused-ring (bicyclic) bond motifs is 1. The second kappa shape index (κ2) is 5.92. The number of nitrogens with one attached hydrogen (secondary N) is 1. The molecule has 0 aromatic carbocycles. The van der Waals surface area contributed by atoms with E-state index in [0.29, 0.717) is 32.0 Å². The van der Waals surface area contributed by atoms with Crippen LogP contribution in [0.5, 0.6) is 0 Å². The largest absolute Gasteiger partial charge is 0.378 e. The lowest BCUT2D eigenvalue weighted by Gasteiger charge is -2.26. The second-order valence-corrected chi connectivity index (χ2v) is 4.78. The molecule has 21 heavy (non-hydrogen) atoms. The molecule has 2 aromatic heterocycles. The molecule has 7 nitrogen and oxygen atoms in total. The third-order valence-electron chi connectivity index (χ3n) is 3.37. The summed E-state index contributed by atoms with van der Waals surface area (Å²) in [5.74, 6) is -0.448. The summed E-state index contributed by atoms with van der Waals surface area (Å²) in [6.45, 7) is 2.22. The van der Waals surface area contributed by atoms with Crippen molar-refractivity contribution in [1.82, 2.24) is 19.8 Å². The number of pyridine rings is 1. The van der Waals surface area contributed by atoms with Gasteiger partial charge in [0.25, 0.3) is 5.91 Å². The van der Waals surface area contributed by atoms with Crippen molar-refractivity contribution in [3.8, 4) is 0 Å². The van der Waals surface area contributed by atoms with E-state index in [1.807, 2.05) is 18.2 Å². The van der Waals surface area contributed by atoms with E-state index in [2.05, 4.69) is 10.4 Å². The molecule has 1 fully saturated rings. The summed E-state index contributed by atoms with van der Waals surface area (Å²) >= 11 is 0. The van der Waals surface area contributed by atoms with Gasteiger partial charge in [0.15, 0.2) is 5.69 Å². The number of amides is 2. The van der Waals surface area contributed by atoms with Crippen molar-refractivity contribution >= 4 is 17.3 Å². The van der Waals surface area contributed by atoms with Crippen LogP contribution in [0.2, 0.25) is 0 Å². The number of nitrogens with zero attached hydrogens (tertiary/aromatic N) is 3. The van der Waals surface area contributed by atoms with Crippen molar-refractivity contribution < 1.29 is 14.3 Å². The summed E-state index contributed by atoms with van der Waals surface area (Å²) in [7, 11) is 0. The highest BCUT2D eigenvalue weighted by Gasteiger charge is 2.18. The van der Waals surface area contributed by atoms with Gasteiger partial charge in [-0.2, -0.15) is 5.10 Å². The summed E-state index contributed by atoms with van der Waals surface area (Å²) in [5, 5.41) is 6.77. The van der Waals surface area contributed by atoms with Crippen LogP contribution >= 0.6 is 0 Å². The SMILES string of the molecule is O=C(NCC(=O)N1CCOCC1)c1cc2ccccn2n1. The van der Waals surface area contributed by atoms with Crippen LogP contribution in [0.1, 0.15) is 10.5 Å². The molecule has 1 aliphatic rings. The number of hydrogen-bond acceptors (Lipinski definition) is 4. The molecule has 110 valence electrons. The van der Waals surface area contributed by atoms with Gasteiger partial charge in [-0.3, -0.25) is 9.59 Å². The number of carbonyl (C=O) groups is 2. The quantitative estimate of drug-likeness (QED) is 0.857. The van der Waals surface area contributed by atoms with Crippen LogP contribution in [0, 0.1) is 0 Å². The molecule has 2 amide bonds. The molecule has 0 atom stereocenters. The Morgan fingerprint density at radius 3 is 2.86 bits per heavy atom. The number of carbonyl (C=O) groups excluding carboxylic acids is 2. The molecular weight excluding hydrogens is 272 g/mol. The van der Waals surface area contributed by atoms with Crippen LogP contribution < -0.4 is 5.32 Å². The van der Waals surface area contributed by atoms with Crippen LogP contribution in [-0.4, -0.2) is 59.2 Å². The number of ether oxygens (including phenoxy) is 1. The lowest BCUT2D eigenvalue weighted by atomic mass is 10.3. The normalized spacial score (nSPS) is 15.1. The van der Waals surface area contributed by atoms with E-state index in [1.54, 1.807) is 21.7 Å². The Kier molecular flexibility index (Phi) is 3.83. The summed E-state index contributed by atoms with van der Waals surface area (Å²) < 4.78 is 6.81. The van der Waals surface area contributed by atoms with Crippen LogP contribution in [0.25, 0.3) is 5.52 Å². The highest BCUT2D eigenvalue weighted by molar-refractivity contribution is 5.95. The van der Waals surface area contributed by atoms with Gasteiger partial charge in [0.1, 0.15) is 0 Å². The van der Waals surface area contributed by atoms with Gasteiger partial charge >= 0.3 is 0 Å². The lowest BCUT2D eigenvalue weighted by molar-refractivity contribution is -0.134. The summed E-state index contributed by atoms with van der Waals surface area (Å²) in [4.78, 5) is 25.6. The highest BCUT2D eigenvalue weighted by Crippen LogP contribution is 2.05. The lowest BCUT2D eigenvalue weighted by Crippen LogP contribution is -2.45. The Labute approximate surface area is 121 Å². The van der Waals surface area contributed by atoms with E-state index in [4.69, 9.17) is 4.74 Å². The van der Waals surface area contributed by atoms with Crippen LogP contribution in [-0.2, 0) is 9.53 Å². The smallest absolute Gasteiger partial charge is 0.272 e. The number of morpholine rings is 1. The fourth-order valence-corrected chi connectivity index (χ4v) is 2.22. The van der Waals surface area contributed by atoms with E-state index >= 15 is 0 Å². The molecule has 3 rings (SSSR count). The predicted octanol–water partition coefficient (Wildman–Crippen LogP) is -0.0771. The monoisotopic (exact) mass is 288 g/mol. The van der Waals surface area contributed by atoms with Crippen molar-refractivity contribution in [3.05, 3.63) is 36.2 Å². The molecule has 0 saturated carbocycles. The van der Waals surface area contributed by atoms with E-state index in [0.717, 1.165) is 5.52 Å². The average molecular weight is 288 g/mol. The Morgan fingerprint density at radius 2 is 2.10 bits per heavy atom. The molecule has 1 N–H and O–H groups in total. The van der Waals surface area contributed by atoms with Gasteiger partial charge in [-0.1, -0.05) is 6.07 Å². The summed E-state index contributed by atoms with van der Waals surface area (Å²) in [6, 6.07) is 7.27. The minimum Gasteiger partial charge on any atom is -0.378 e. The fraction of sp³-hybridized carbons (Fsp3) is 0.357. The number of rotatable bonds is 3. The van der Waals surface area contributed by atoms with E-state index in [9.17, 15) is 9.59 Å². The maximum Gasteiger partial charge on any atom is 0.272 e. The Hall–Kier alpha value is -2.41. The Balaban J connectivity index is 1.59. The molecule has 1 saturated heterocycles. The maximum absolute atomic E-state index is 12.0. The minimum atomic E-state index is -0.347. The van der Waals surface area contributed by atoms with Crippen molar-refractivity contribution in [2.24, 2.45) is 0 Å². The zero-order valence-corrected chi connectivity index (χ0v) is 11.5. The van der Waals surface area contributed by atoms with Crippen LogP contribution in [0.4, 0.5) is 0 Å². The fourth-order valence-electron chi connectivity index (χ4n) is 2.22. The molecule has 7 heteroatoms. The van der Waals surface area contributed by atoms with Gasteiger partial charge in [0.2, 0.25) is 5.91 Å². The highest BCUT2D eigenvalue weighted by atomic mass is 16.5. The molecule has 0 spiro atoms. The van der Waals surface area contributed by atoms with Gasteiger partial charge in [-0.05, 0) is 18.2 Å². The van der Waals surface area contributed by atoms with E-state index in [-0.39, 0.29) is 18.4 Å². The van der Waals surface area contributed by atoms with Crippen molar-refractivity contribution in [3.63, 3.8) is 0 Å². The molecule has 0 bridgehead atoms. The first kappa shape index (κ1) is 13.6. The van der Waals surface area contributed by atoms with Gasteiger partial charge < -0.3 is 15.0 Å². The van der Waals surface area contributed by atoms with Crippen molar-refractivity contribution in [2.45, 2.75) is 0 Å². The molecule has 0 aliphatic carbocycles. The van der Waals surface area contributed by atoms with Gasteiger partial charge in [-0.25, -0.2) is 4.52 Å². The van der Waals surface area contributed by atoms with Gasteiger partial charge in [-0.15, -0.1) is 0 Å². The maximum atomic E-state index is 12.0. The molecule has 3 heterocycles. The van der Waals surface area contributed by atoms with Crippen molar-refractivity contribution in [1.29, 1.82) is 0 Å². The zero-order valence-electron chi connectivity index (χ0n) is 11.5. The van der Waals surface area contributed by atoms with E-state index < -0.39 is 0 Å². The van der Waals surface area contributed by atoms with Gasteiger partial charge in [0, 0.05) is 19.3 Å². The van der Waals surface area contributed by atoms with Gasteiger partial charge in [0.05, 0.1) is 25.3 Å². The zero-order chi connectivity index (χ0) is 14.7. The Bertz CT molecular complexity index is 628. The number of aromatic nitrogens is 2. The molecule has 0 radical (unpaired) electrons. The van der Waals surface area contributed by atoms with Crippen molar-refractivity contribution in [2.75, 3.05) is 32.8 Å².